The summed E-state index contributed by atoms with van der Waals surface area (Å²) in [4.78, 5) is 13.6. The molecule has 0 bridgehead atoms. The van der Waals surface area contributed by atoms with Crippen molar-refractivity contribution >= 4 is 5.97 Å². The van der Waals surface area contributed by atoms with E-state index in [0.29, 0.717) is 0 Å². The van der Waals surface area contributed by atoms with Crippen LogP contribution in [0, 0.1) is 6.92 Å². The summed E-state index contributed by atoms with van der Waals surface area (Å²) in [7, 11) is 0. The molecule has 3 heteroatoms. The first-order valence-electron chi connectivity index (χ1n) is 6.63. The molecule has 18 heavy (non-hydrogen) atoms. The number of nitrogens with zero attached hydrogens (tertiary/aromatic N) is 1. The van der Waals surface area contributed by atoms with Crippen LogP contribution in [0.1, 0.15) is 43.9 Å². The predicted octanol–water partition coefficient (Wildman–Crippen LogP) is 3.24. The maximum absolute atomic E-state index is 11.6. The molecular formula is C15H23NO2. The highest BCUT2D eigenvalue weighted by Crippen LogP contribution is 2.22. The molecule has 0 aliphatic rings. The normalized spacial score (nSPS) is 12.7. The molecule has 0 aromatic heterocycles. The summed E-state index contributed by atoms with van der Waals surface area (Å²) >= 11 is 0. The SMILES string of the molecule is CCCN(CCC)C(C(=O)O)c1cccc(C)c1. The molecule has 1 aromatic rings. The number of carbonyl (C=O) groups is 1. The van der Waals surface area contributed by atoms with Gasteiger partial charge in [-0.05, 0) is 38.4 Å². The minimum atomic E-state index is -0.762. The molecule has 0 radical (unpaired) electrons. The minimum Gasteiger partial charge on any atom is -0.480 e. The summed E-state index contributed by atoms with van der Waals surface area (Å²) < 4.78 is 0. The summed E-state index contributed by atoms with van der Waals surface area (Å²) in [6, 6.07) is 7.27. The van der Waals surface area contributed by atoms with E-state index in [1.165, 1.54) is 0 Å². The van der Waals surface area contributed by atoms with Gasteiger partial charge in [0.05, 0.1) is 0 Å². The van der Waals surface area contributed by atoms with E-state index in [1.807, 2.05) is 31.2 Å². The first-order chi connectivity index (χ1) is 8.60. The van der Waals surface area contributed by atoms with Crippen molar-refractivity contribution in [2.45, 2.75) is 39.7 Å². The molecule has 0 aliphatic carbocycles. The Labute approximate surface area is 109 Å². The van der Waals surface area contributed by atoms with Gasteiger partial charge >= 0.3 is 5.97 Å². The van der Waals surface area contributed by atoms with Crippen LogP contribution in [0.5, 0.6) is 0 Å². The van der Waals surface area contributed by atoms with Crippen LogP contribution in [0.2, 0.25) is 0 Å². The third-order valence-electron chi connectivity index (χ3n) is 2.98. The largest absolute Gasteiger partial charge is 0.480 e. The summed E-state index contributed by atoms with van der Waals surface area (Å²) in [5.41, 5.74) is 1.98. The first-order valence-corrected chi connectivity index (χ1v) is 6.63. The van der Waals surface area contributed by atoms with Gasteiger partial charge in [0, 0.05) is 0 Å². The number of hydrogen-bond donors (Lipinski definition) is 1. The molecule has 0 heterocycles. The molecule has 0 aliphatic heterocycles. The first kappa shape index (κ1) is 14.7. The maximum Gasteiger partial charge on any atom is 0.325 e. The van der Waals surface area contributed by atoms with Gasteiger partial charge in [0.25, 0.3) is 0 Å². The quantitative estimate of drug-likeness (QED) is 0.806. The number of carboxylic acid groups (broad SMARTS) is 1. The fourth-order valence-corrected chi connectivity index (χ4v) is 2.29. The van der Waals surface area contributed by atoms with Crippen LogP contribution in [0.25, 0.3) is 0 Å². The van der Waals surface area contributed by atoms with E-state index in [2.05, 4.69) is 18.7 Å². The molecule has 0 saturated heterocycles. The Bertz CT molecular complexity index is 384. The second kappa shape index (κ2) is 7.17. The molecule has 100 valence electrons. The molecule has 1 N–H and O–H groups in total. The van der Waals surface area contributed by atoms with Gasteiger partial charge in [-0.1, -0.05) is 43.7 Å². The zero-order valence-corrected chi connectivity index (χ0v) is 11.5. The Morgan fingerprint density at radius 1 is 1.28 bits per heavy atom. The van der Waals surface area contributed by atoms with Gasteiger partial charge in [-0.3, -0.25) is 9.69 Å². The molecule has 0 fully saturated rings. The van der Waals surface area contributed by atoms with Crippen molar-refractivity contribution in [3.05, 3.63) is 35.4 Å². The molecule has 1 atom stereocenters. The number of hydrogen-bond acceptors (Lipinski definition) is 2. The molecule has 3 nitrogen and oxygen atoms in total. The summed E-state index contributed by atoms with van der Waals surface area (Å²) in [6.45, 7) is 7.79. The van der Waals surface area contributed by atoms with E-state index in [4.69, 9.17) is 0 Å². The molecule has 0 spiro atoms. The Kier molecular flexibility index (Phi) is 5.86. The topological polar surface area (TPSA) is 40.5 Å². The van der Waals surface area contributed by atoms with E-state index in [1.54, 1.807) is 0 Å². The second-order valence-electron chi connectivity index (χ2n) is 4.69. The highest BCUT2D eigenvalue weighted by Gasteiger charge is 2.26. The second-order valence-corrected chi connectivity index (χ2v) is 4.69. The molecule has 0 saturated carbocycles. The lowest BCUT2D eigenvalue weighted by molar-refractivity contribution is -0.143. The lowest BCUT2D eigenvalue weighted by atomic mass is 10.0. The maximum atomic E-state index is 11.6. The van der Waals surface area contributed by atoms with Gasteiger partial charge in [-0.15, -0.1) is 0 Å². The van der Waals surface area contributed by atoms with E-state index in [9.17, 15) is 9.90 Å². The number of rotatable bonds is 7. The van der Waals surface area contributed by atoms with Crippen molar-refractivity contribution in [1.29, 1.82) is 0 Å². The Morgan fingerprint density at radius 2 is 1.89 bits per heavy atom. The standard InChI is InChI=1S/C15H23NO2/c1-4-9-16(10-5-2)14(15(17)18)13-8-6-7-12(3)11-13/h6-8,11,14H,4-5,9-10H2,1-3H3,(H,17,18). The van der Waals surface area contributed by atoms with Gasteiger partial charge in [-0.25, -0.2) is 0 Å². The lowest BCUT2D eigenvalue weighted by Crippen LogP contribution is -2.35. The molecule has 1 aromatic carbocycles. The third-order valence-corrected chi connectivity index (χ3v) is 2.98. The van der Waals surface area contributed by atoms with Gasteiger partial charge < -0.3 is 5.11 Å². The smallest absolute Gasteiger partial charge is 0.325 e. The van der Waals surface area contributed by atoms with Gasteiger partial charge in [-0.2, -0.15) is 0 Å². The van der Waals surface area contributed by atoms with Crippen molar-refractivity contribution in [3.8, 4) is 0 Å². The van der Waals surface area contributed by atoms with E-state index >= 15 is 0 Å². The van der Waals surface area contributed by atoms with Crippen LogP contribution in [-0.2, 0) is 4.79 Å². The van der Waals surface area contributed by atoms with Gasteiger partial charge in [0.15, 0.2) is 0 Å². The van der Waals surface area contributed by atoms with Crippen LogP contribution in [0.4, 0.5) is 0 Å². The zero-order chi connectivity index (χ0) is 13.5. The van der Waals surface area contributed by atoms with Gasteiger partial charge in [0.1, 0.15) is 6.04 Å². The van der Waals surface area contributed by atoms with Crippen LogP contribution in [0.15, 0.2) is 24.3 Å². The van der Waals surface area contributed by atoms with Crippen LogP contribution in [-0.4, -0.2) is 29.1 Å². The van der Waals surface area contributed by atoms with E-state index in [-0.39, 0.29) is 0 Å². The van der Waals surface area contributed by atoms with Crippen molar-refractivity contribution in [2.24, 2.45) is 0 Å². The molecular weight excluding hydrogens is 226 g/mol. The van der Waals surface area contributed by atoms with Crippen LogP contribution >= 0.6 is 0 Å². The summed E-state index contributed by atoms with van der Waals surface area (Å²) in [5, 5.41) is 9.50. The Balaban J connectivity index is 3.03. The van der Waals surface area contributed by atoms with Crippen LogP contribution < -0.4 is 0 Å². The average Bonchev–Trinajstić information content (AvgIpc) is 2.29. The summed E-state index contributed by atoms with van der Waals surface area (Å²) in [5.74, 6) is -0.762. The third kappa shape index (κ3) is 3.84. The molecule has 0 amide bonds. The number of carboxylic acids is 1. The van der Waals surface area contributed by atoms with Crippen molar-refractivity contribution in [1.82, 2.24) is 4.90 Å². The highest BCUT2D eigenvalue weighted by atomic mass is 16.4. The van der Waals surface area contributed by atoms with Crippen LogP contribution in [0.3, 0.4) is 0 Å². The highest BCUT2D eigenvalue weighted by molar-refractivity contribution is 5.75. The number of aliphatic carboxylic acids is 1. The van der Waals surface area contributed by atoms with E-state index < -0.39 is 12.0 Å². The zero-order valence-electron chi connectivity index (χ0n) is 11.5. The summed E-state index contributed by atoms with van der Waals surface area (Å²) in [6.07, 6.45) is 1.94. The van der Waals surface area contributed by atoms with Crippen molar-refractivity contribution in [3.63, 3.8) is 0 Å². The fourth-order valence-electron chi connectivity index (χ4n) is 2.29. The molecule has 1 unspecified atom stereocenters. The fraction of sp³-hybridized carbons (Fsp3) is 0.533. The van der Waals surface area contributed by atoms with E-state index in [0.717, 1.165) is 37.1 Å². The number of benzene rings is 1. The van der Waals surface area contributed by atoms with Crippen molar-refractivity contribution < 1.29 is 9.90 Å². The Morgan fingerprint density at radius 3 is 2.33 bits per heavy atom. The lowest BCUT2D eigenvalue weighted by Gasteiger charge is -2.28. The average molecular weight is 249 g/mol. The van der Waals surface area contributed by atoms with Crippen molar-refractivity contribution in [2.75, 3.05) is 13.1 Å². The van der Waals surface area contributed by atoms with Gasteiger partial charge in [0.2, 0.25) is 0 Å². The predicted molar refractivity (Wildman–Crippen MR) is 73.7 cm³/mol. The minimum absolute atomic E-state index is 0.523. The Hall–Kier alpha value is -1.35. The molecule has 1 rings (SSSR count). The number of aryl methyl sites for hydroxylation is 1. The monoisotopic (exact) mass is 249 g/mol.